The van der Waals surface area contributed by atoms with Gasteiger partial charge in [0.1, 0.15) is 5.75 Å². The second kappa shape index (κ2) is 6.59. The van der Waals surface area contributed by atoms with Gasteiger partial charge in [0, 0.05) is 30.7 Å². The van der Waals surface area contributed by atoms with E-state index in [-0.39, 0.29) is 0 Å². The lowest BCUT2D eigenvalue weighted by Gasteiger charge is -2.30. The van der Waals surface area contributed by atoms with Gasteiger partial charge in [0.15, 0.2) is 0 Å². The summed E-state index contributed by atoms with van der Waals surface area (Å²) in [5, 5.41) is 3.69. The highest BCUT2D eigenvalue weighted by Crippen LogP contribution is 2.38. The van der Waals surface area contributed by atoms with Gasteiger partial charge in [-0.25, -0.2) is 0 Å². The van der Waals surface area contributed by atoms with Crippen molar-refractivity contribution in [1.29, 1.82) is 0 Å². The van der Waals surface area contributed by atoms with Crippen LogP contribution in [0.1, 0.15) is 37.7 Å². The van der Waals surface area contributed by atoms with Crippen molar-refractivity contribution in [3.63, 3.8) is 0 Å². The van der Waals surface area contributed by atoms with Gasteiger partial charge in [-0.15, -0.1) is 0 Å². The Morgan fingerprint density at radius 3 is 2.85 bits per heavy atom. The van der Waals surface area contributed by atoms with Crippen LogP contribution in [0.4, 0.5) is 0 Å². The number of hydrogen-bond donors (Lipinski definition) is 1. The van der Waals surface area contributed by atoms with Gasteiger partial charge in [-0.05, 0) is 37.8 Å². The topological polar surface area (TPSA) is 30.5 Å². The zero-order chi connectivity index (χ0) is 13.8. The summed E-state index contributed by atoms with van der Waals surface area (Å²) in [6.45, 7) is 5.90. The molecular formula is C17H25NO2. The van der Waals surface area contributed by atoms with E-state index in [1.54, 1.807) is 0 Å². The van der Waals surface area contributed by atoms with Crippen LogP contribution in [0.3, 0.4) is 0 Å². The molecule has 0 aromatic heterocycles. The highest BCUT2D eigenvalue weighted by molar-refractivity contribution is 5.40. The summed E-state index contributed by atoms with van der Waals surface area (Å²) in [7, 11) is 0. The fourth-order valence-electron chi connectivity index (χ4n) is 3.51. The molecule has 20 heavy (non-hydrogen) atoms. The Morgan fingerprint density at radius 1 is 1.25 bits per heavy atom. The summed E-state index contributed by atoms with van der Waals surface area (Å²) in [6, 6.07) is 9.01. The largest absolute Gasteiger partial charge is 0.493 e. The lowest BCUT2D eigenvalue weighted by atomic mass is 9.84. The van der Waals surface area contributed by atoms with E-state index in [1.807, 2.05) is 0 Å². The van der Waals surface area contributed by atoms with Gasteiger partial charge in [0.2, 0.25) is 0 Å². The van der Waals surface area contributed by atoms with Crippen LogP contribution in [-0.2, 0) is 4.74 Å². The maximum absolute atomic E-state index is 5.86. The quantitative estimate of drug-likeness (QED) is 0.896. The van der Waals surface area contributed by atoms with Crippen LogP contribution in [0.2, 0.25) is 0 Å². The van der Waals surface area contributed by atoms with Crippen molar-refractivity contribution in [2.45, 2.75) is 38.1 Å². The standard InChI is InChI=1S/C17H25NO2/c1-2-18-16(11-13-7-9-19-10-8-13)15-12-20-17-6-4-3-5-14(15)17/h3-6,13,15-16,18H,2,7-12H2,1H3. The molecule has 3 nitrogen and oxygen atoms in total. The van der Waals surface area contributed by atoms with Crippen LogP contribution in [0.5, 0.6) is 5.75 Å². The molecule has 0 amide bonds. The number of likely N-dealkylation sites (N-methyl/N-ethyl adjacent to an activating group) is 1. The smallest absolute Gasteiger partial charge is 0.122 e. The fraction of sp³-hybridized carbons (Fsp3) is 0.647. The molecule has 1 N–H and O–H groups in total. The predicted molar refractivity (Wildman–Crippen MR) is 80.3 cm³/mol. The summed E-state index contributed by atoms with van der Waals surface area (Å²) in [5.74, 6) is 2.36. The highest BCUT2D eigenvalue weighted by Gasteiger charge is 2.32. The molecule has 2 aliphatic rings. The van der Waals surface area contributed by atoms with Crippen LogP contribution in [-0.4, -0.2) is 32.4 Å². The first-order valence-corrected chi connectivity index (χ1v) is 7.91. The number of ether oxygens (including phenoxy) is 2. The number of benzene rings is 1. The fourth-order valence-corrected chi connectivity index (χ4v) is 3.51. The highest BCUT2D eigenvalue weighted by atomic mass is 16.5. The zero-order valence-corrected chi connectivity index (χ0v) is 12.3. The molecule has 0 saturated carbocycles. The molecule has 2 heterocycles. The first kappa shape index (κ1) is 13.9. The number of hydrogen-bond acceptors (Lipinski definition) is 3. The van der Waals surface area contributed by atoms with Gasteiger partial charge < -0.3 is 14.8 Å². The number of rotatable bonds is 5. The zero-order valence-electron chi connectivity index (χ0n) is 12.3. The third-order valence-corrected chi connectivity index (χ3v) is 4.62. The summed E-state index contributed by atoms with van der Waals surface area (Å²) >= 11 is 0. The molecule has 1 aromatic rings. The van der Waals surface area contributed by atoms with Crippen molar-refractivity contribution in [3.8, 4) is 5.75 Å². The van der Waals surface area contributed by atoms with E-state index in [0.717, 1.165) is 38.0 Å². The Balaban J connectivity index is 1.70. The molecule has 2 atom stereocenters. The van der Waals surface area contributed by atoms with Crippen molar-refractivity contribution in [3.05, 3.63) is 29.8 Å². The minimum absolute atomic E-state index is 0.494. The third-order valence-electron chi connectivity index (χ3n) is 4.62. The summed E-state index contributed by atoms with van der Waals surface area (Å²) < 4.78 is 11.3. The molecule has 2 aliphatic heterocycles. The Morgan fingerprint density at radius 2 is 2.05 bits per heavy atom. The molecule has 3 heteroatoms. The van der Waals surface area contributed by atoms with E-state index < -0.39 is 0 Å². The molecule has 0 aliphatic carbocycles. The van der Waals surface area contributed by atoms with E-state index >= 15 is 0 Å². The normalized spacial score (nSPS) is 24.1. The van der Waals surface area contributed by atoms with Gasteiger partial charge in [-0.1, -0.05) is 25.1 Å². The van der Waals surface area contributed by atoms with Crippen molar-refractivity contribution in [2.24, 2.45) is 5.92 Å². The molecule has 1 aromatic carbocycles. The SMILES string of the molecule is CCNC(CC1CCOCC1)C1COc2ccccc21. The van der Waals surface area contributed by atoms with Crippen LogP contribution >= 0.6 is 0 Å². The summed E-state index contributed by atoms with van der Waals surface area (Å²) in [4.78, 5) is 0. The maximum Gasteiger partial charge on any atom is 0.122 e. The molecule has 0 radical (unpaired) electrons. The van der Waals surface area contributed by atoms with Crippen molar-refractivity contribution in [2.75, 3.05) is 26.4 Å². The Labute approximate surface area is 121 Å². The van der Waals surface area contributed by atoms with E-state index in [2.05, 4.69) is 36.5 Å². The molecule has 2 unspecified atom stereocenters. The average Bonchev–Trinajstić information content (AvgIpc) is 2.92. The van der Waals surface area contributed by atoms with Crippen molar-refractivity contribution < 1.29 is 9.47 Å². The van der Waals surface area contributed by atoms with Gasteiger partial charge in [0.25, 0.3) is 0 Å². The summed E-state index contributed by atoms with van der Waals surface area (Å²) in [6.07, 6.45) is 3.65. The first-order valence-electron chi connectivity index (χ1n) is 7.91. The summed E-state index contributed by atoms with van der Waals surface area (Å²) in [5.41, 5.74) is 1.38. The molecular weight excluding hydrogens is 250 g/mol. The minimum atomic E-state index is 0.494. The van der Waals surface area contributed by atoms with Crippen LogP contribution in [0.25, 0.3) is 0 Å². The van der Waals surface area contributed by atoms with Gasteiger partial charge in [-0.2, -0.15) is 0 Å². The average molecular weight is 275 g/mol. The molecule has 110 valence electrons. The molecule has 0 bridgehead atoms. The molecule has 1 saturated heterocycles. The lowest BCUT2D eigenvalue weighted by Crippen LogP contribution is -2.38. The maximum atomic E-state index is 5.86. The van der Waals surface area contributed by atoms with E-state index in [0.29, 0.717) is 12.0 Å². The third kappa shape index (κ3) is 2.99. The molecule has 1 fully saturated rings. The van der Waals surface area contributed by atoms with E-state index in [4.69, 9.17) is 9.47 Å². The van der Waals surface area contributed by atoms with Gasteiger partial charge in [0.05, 0.1) is 6.61 Å². The Bertz CT molecular complexity index is 429. The second-order valence-electron chi connectivity index (χ2n) is 5.91. The lowest BCUT2D eigenvalue weighted by molar-refractivity contribution is 0.0591. The molecule has 3 rings (SSSR count). The van der Waals surface area contributed by atoms with Crippen molar-refractivity contribution in [1.82, 2.24) is 5.32 Å². The second-order valence-corrected chi connectivity index (χ2v) is 5.91. The number of nitrogens with one attached hydrogen (secondary N) is 1. The monoisotopic (exact) mass is 275 g/mol. The van der Waals surface area contributed by atoms with Gasteiger partial charge >= 0.3 is 0 Å². The van der Waals surface area contributed by atoms with Crippen LogP contribution < -0.4 is 10.1 Å². The van der Waals surface area contributed by atoms with Gasteiger partial charge in [-0.3, -0.25) is 0 Å². The van der Waals surface area contributed by atoms with E-state index in [1.165, 1.54) is 24.8 Å². The number of para-hydroxylation sites is 1. The van der Waals surface area contributed by atoms with Crippen molar-refractivity contribution >= 4 is 0 Å². The van der Waals surface area contributed by atoms with Crippen LogP contribution in [0.15, 0.2) is 24.3 Å². The predicted octanol–water partition coefficient (Wildman–Crippen LogP) is 2.96. The Hall–Kier alpha value is -1.06. The number of fused-ring (bicyclic) bond motifs is 1. The Kier molecular flexibility index (Phi) is 4.58. The van der Waals surface area contributed by atoms with E-state index in [9.17, 15) is 0 Å². The van der Waals surface area contributed by atoms with Crippen LogP contribution in [0, 0.1) is 5.92 Å². The first-order chi connectivity index (χ1) is 9.88. The molecule has 0 spiro atoms. The minimum Gasteiger partial charge on any atom is -0.493 e.